The highest BCUT2D eigenvalue weighted by molar-refractivity contribution is 7.90. The summed E-state index contributed by atoms with van der Waals surface area (Å²) in [6, 6.07) is -2.67. The Balaban J connectivity index is 1.73. The molecule has 3 N–H and O–H groups in total. The lowest BCUT2D eigenvalue weighted by Crippen LogP contribution is -2.53. The predicted octanol–water partition coefficient (Wildman–Crippen LogP) is 0.850. The number of alkyl halides is 1. The zero-order chi connectivity index (χ0) is 20.5. The van der Waals surface area contributed by atoms with E-state index in [4.69, 9.17) is 14.2 Å². The molecule has 14 heteroatoms. The number of carbonyl (C=O) groups is 1. The molecule has 154 valence electrons. The summed E-state index contributed by atoms with van der Waals surface area (Å²) in [5.74, 6) is 0.184. The van der Waals surface area contributed by atoms with Crippen LogP contribution in [0.25, 0.3) is 0 Å². The minimum absolute atomic E-state index is 0.0326. The molecule has 2 aliphatic heterocycles. The first kappa shape index (κ1) is 20.3. The van der Waals surface area contributed by atoms with Gasteiger partial charge in [-0.25, -0.2) is 23.4 Å². The third-order valence-corrected chi connectivity index (χ3v) is 5.98. The van der Waals surface area contributed by atoms with Crippen molar-refractivity contribution in [3.05, 3.63) is 28.1 Å². The topological polar surface area (TPSA) is 131 Å². The van der Waals surface area contributed by atoms with Crippen LogP contribution >= 0.6 is 11.3 Å². The zero-order valence-electron chi connectivity index (χ0n) is 15.1. The van der Waals surface area contributed by atoms with Gasteiger partial charge < -0.3 is 14.2 Å². The highest BCUT2D eigenvalue weighted by atomic mass is 32.2. The molecule has 11 nitrogen and oxygen atoms in total. The van der Waals surface area contributed by atoms with Gasteiger partial charge in [-0.1, -0.05) is 5.10 Å². The Morgan fingerprint density at radius 1 is 1.57 bits per heavy atom. The molecule has 0 radical (unpaired) electrons. The van der Waals surface area contributed by atoms with Gasteiger partial charge in [0.1, 0.15) is 9.77 Å². The largest absolute Gasteiger partial charge is 0.480 e. The third kappa shape index (κ3) is 4.19. The minimum Gasteiger partial charge on any atom is -0.480 e. The molecule has 1 aromatic heterocycles. The van der Waals surface area contributed by atoms with Gasteiger partial charge in [-0.15, -0.1) is 16.6 Å². The Morgan fingerprint density at radius 3 is 2.96 bits per heavy atom. The van der Waals surface area contributed by atoms with Crippen LogP contribution < -0.4 is 15.6 Å². The molecule has 0 aromatic carbocycles. The Bertz CT molecular complexity index is 932. The summed E-state index contributed by atoms with van der Waals surface area (Å²) in [5.41, 5.74) is 5.41. The smallest absolute Gasteiger partial charge is 0.359 e. The molecule has 0 aliphatic carbocycles. The Kier molecular flexibility index (Phi) is 5.47. The monoisotopic (exact) mass is 435 g/mol. The number of sulfonamides is 1. The number of hydrazone groups is 1. The van der Waals surface area contributed by atoms with Gasteiger partial charge >= 0.3 is 12.1 Å². The van der Waals surface area contributed by atoms with Gasteiger partial charge in [0.2, 0.25) is 5.90 Å². The van der Waals surface area contributed by atoms with E-state index >= 15 is 0 Å². The number of hydrogen-bond donors (Lipinski definition) is 3. The normalized spacial score (nSPS) is 24.9. The first-order chi connectivity index (χ1) is 13.1. The van der Waals surface area contributed by atoms with Crippen LogP contribution in [0.5, 0.6) is 0 Å². The molecule has 1 aromatic rings. The highest BCUT2D eigenvalue weighted by Gasteiger charge is 2.47. The van der Waals surface area contributed by atoms with Crippen LogP contribution in [0.4, 0.5) is 9.18 Å². The van der Waals surface area contributed by atoms with Gasteiger partial charge in [0, 0.05) is 11.8 Å². The summed E-state index contributed by atoms with van der Waals surface area (Å²) < 4.78 is 56.8. The molecular formula is C14H18FN5O6S2. The molecule has 2 unspecified atom stereocenters. The molecule has 0 saturated carbocycles. The van der Waals surface area contributed by atoms with Crippen LogP contribution in [-0.2, 0) is 30.3 Å². The molecule has 1 saturated heterocycles. The number of amides is 2. The van der Waals surface area contributed by atoms with Crippen molar-refractivity contribution in [1.29, 1.82) is 0 Å². The molecule has 2 aliphatic rings. The zero-order valence-corrected chi connectivity index (χ0v) is 16.7. The van der Waals surface area contributed by atoms with Crippen LogP contribution in [0.3, 0.4) is 0 Å². The average Bonchev–Trinajstić information content (AvgIpc) is 3.22. The Morgan fingerprint density at radius 2 is 2.32 bits per heavy atom. The van der Waals surface area contributed by atoms with E-state index in [0.717, 1.165) is 22.6 Å². The van der Waals surface area contributed by atoms with Crippen molar-refractivity contribution in [3.8, 4) is 0 Å². The lowest BCUT2D eigenvalue weighted by atomic mass is 10.4. The molecule has 3 heterocycles. The predicted molar refractivity (Wildman–Crippen MR) is 95.6 cm³/mol. The highest BCUT2D eigenvalue weighted by Crippen LogP contribution is 2.41. The first-order valence-electron chi connectivity index (χ1n) is 7.93. The van der Waals surface area contributed by atoms with Gasteiger partial charge in [-0.2, -0.15) is 4.39 Å². The van der Waals surface area contributed by atoms with Crippen LogP contribution in [0.2, 0.25) is 0 Å². The molecule has 2 atom stereocenters. The molecule has 2 amide bonds. The van der Waals surface area contributed by atoms with Crippen molar-refractivity contribution < 1.29 is 31.8 Å². The van der Waals surface area contributed by atoms with E-state index in [1.54, 1.807) is 24.6 Å². The molecule has 0 bridgehead atoms. The van der Waals surface area contributed by atoms with E-state index < -0.39 is 33.1 Å². The molecule has 1 fully saturated rings. The maximum Gasteiger partial charge on any atom is 0.359 e. The Hall–Kier alpha value is -2.42. The number of thiophene rings is 1. The van der Waals surface area contributed by atoms with Gasteiger partial charge in [0.05, 0.1) is 19.8 Å². The van der Waals surface area contributed by atoms with Crippen LogP contribution in [0.15, 0.2) is 33.2 Å². The number of hydrazine groups is 2. The van der Waals surface area contributed by atoms with Crippen molar-refractivity contribution in [2.45, 2.75) is 30.9 Å². The maximum absolute atomic E-state index is 14.9. The van der Waals surface area contributed by atoms with Gasteiger partial charge in [-0.05, 0) is 25.3 Å². The number of allylic oxidation sites excluding steroid dienone is 1. The summed E-state index contributed by atoms with van der Waals surface area (Å²) in [5, 5.41) is 6.08. The second-order valence-electron chi connectivity index (χ2n) is 5.83. The second kappa shape index (κ2) is 7.54. The van der Waals surface area contributed by atoms with Gasteiger partial charge in [-0.3, -0.25) is 5.43 Å². The summed E-state index contributed by atoms with van der Waals surface area (Å²) in [4.78, 5) is 11.3. The number of ether oxygens (including phenoxy) is 3. The first-order valence-corrected chi connectivity index (χ1v) is 10.3. The molecule has 28 heavy (non-hydrogen) atoms. The molecule has 3 rings (SSSR count). The van der Waals surface area contributed by atoms with Crippen molar-refractivity contribution in [2.24, 2.45) is 5.10 Å². The van der Waals surface area contributed by atoms with Crippen LogP contribution in [0, 0.1) is 0 Å². The lowest BCUT2D eigenvalue weighted by molar-refractivity contribution is -0.270. The van der Waals surface area contributed by atoms with E-state index in [1.807, 2.05) is 0 Å². The summed E-state index contributed by atoms with van der Waals surface area (Å²) in [6.07, 6.45) is 1.02. The number of halogens is 1. The number of hydrogen-bond acceptors (Lipinski definition) is 10. The van der Waals surface area contributed by atoms with Crippen molar-refractivity contribution >= 4 is 33.3 Å². The quantitative estimate of drug-likeness (QED) is 0.635. The third-order valence-electron chi connectivity index (χ3n) is 3.51. The fourth-order valence-electron chi connectivity index (χ4n) is 2.38. The number of nitrogens with one attached hydrogen (secondary N) is 3. The van der Waals surface area contributed by atoms with Crippen molar-refractivity contribution in [2.75, 3.05) is 13.7 Å². The molecular weight excluding hydrogens is 417 g/mol. The lowest BCUT2D eigenvalue weighted by Gasteiger charge is -2.25. The van der Waals surface area contributed by atoms with Gasteiger partial charge in [0.15, 0.2) is 0 Å². The maximum atomic E-state index is 14.9. The summed E-state index contributed by atoms with van der Waals surface area (Å²) >= 11 is 0.796. The van der Waals surface area contributed by atoms with E-state index in [9.17, 15) is 17.6 Å². The van der Waals surface area contributed by atoms with Crippen molar-refractivity contribution in [1.82, 2.24) is 20.8 Å². The minimum atomic E-state index is -4.42. The SMILES string of the molecule is COC1=NN(NC(=O)NS(=O)(=O)c2ccsc2C2(F)OCC(C)O2)NC(C)=C1. The Labute approximate surface area is 164 Å². The van der Waals surface area contributed by atoms with Crippen molar-refractivity contribution in [3.63, 3.8) is 0 Å². The van der Waals surface area contributed by atoms with E-state index in [-0.39, 0.29) is 17.4 Å². The number of methoxy groups -OCH3 is 1. The average molecular weight is 435 g/mol. The standard InChI is InChI=1S/C14H18FN5O6S2/c1-8-6-11(24-3)17-20(16-8)18-13(21)19-28(22,23)10-4-5-27-12(10)14(15)25-7-9(2)26-14/h4-6,9,16H,7H2,1-3H3,(H2,18,19,21). The molecule has 0 spiro atoms. The fourth-order valence-corrected chi connectivity index (χ4v) is 4.73. The van der Waals surface area contributed by atoms with Crippen LogP contribution in [-0.4, -0.2) is 45.4 Å². The van der Waals surface area contributed by atoms with E-state index in [2.05, 4.69) is 16.0 Å². The number of rotatable bonds is 4. The second-order valence-corrected chi connectivity index (χ2v) is 8.40. The van der Waals surface area contributed by atoms with Gasteiger partial charge in [0.25, 0.3) is 10.0 Å². The summed E-state index contributed by atoms with van der Waals surface area (Å²) in [6.45, 7) is 3.23. The van der Waals surface area contributed by atoms with Crippen LogP contribution in [0.1, 0.15) is 18.7 Å². The fraction of sp³-hybridized carbons (Fsp3) is 0.429. The number of carbonyl (C=O) groups excluding carboxylic acids is 1. The van der Waals surface area contributed by atoms with E-state index in [1.165, 1.54) is 12.5 Å². The number of urea groups is 1. The number of nitrogens with zero attached hydrogens (tertiary/aromatic N) is 2. The van der Waals surface area contributed by atoms with E-state index in [0.29, 0.717) is 5.70 Å². The summed E-state index contributed by atoms with van der Waals surface area (Å²) in [7, 11) is -3.04.